The highest BCUT2D eigenvalue weighted by atomic mass is 16.5. The normalized spacial score (nSPS) is 19.4. The highest BCUT2D eigenvalue weighted by molar-refractivity contribution is 5.94. The molecule has 1 aliphatic heterocycles. The number of likely N-dealkylation sites (N-methyl/N-ethyl adjacent to an activating group) is 2. The molecule has 1 saturated heterocycles. The Balaban J connectivity index is 1.99. The van der Waals surface area contributed by atoms with E-state index in [1.165, 1.54) is 0 Å². The van der Waals surface area contributed by atoms with Crippen LogP contribution in [0.15, 0.2) is 24.3 Å². The van der Waals surface area contributed by atoms with Gasteiger partial charge >= 0.3 is 0 Å². The van der Waals surface area contributed by atoms with Crippen LogP contribution in [0, 0.1) is 11.3 Å². The summed E-state index contributed by atoms with van der Waals surface area (Å²) in [4.78, 5) is 16.2. The van der Waals surface area contributed by atoms with Crippen molar-refractivity contribution in [3.05, 3.63) is 35.4 Å². The number of amides is 1. The Labute approximate surface area is 119 Å². The van der Waals surface area contributed by atoms with Gasteiger partial charge in [0.1, 0.15) is 0 Å². The van der Waals surface area contributed by atoms with Crippen molar-refractivity contribution >= 4 is 5.91 Å². The molecule has 1 fully saturated rings. The number of hydrogen-bond donors (Lipinski definition) is 0. The lowest BCUT2D eigenvalue weighted by Gasteiger charge is -2.32. The van der Waals surface area contributed by atoms with Gasteiger partial charge in [0.2, 0.25) is 0 Å². The van der Waals surface area contributed by atoms with Gasteiger partial charge in [0.25, 0.3) is 5.91 Å². The topological polar surface area (TPSA) is 56.6 Å². The first-order chi connectivity index (χ1) is 9.60. The van der Waals surface area contributed by atoms with Crippen LogP contribution in [0.4, 0.5) is 0 Å². The Bertz CT molecular complexity index is 524. The monoisotopic (exact) mass is 273 g/mol. The van der Waals surface area contributed by atoms with Gasteiger partial charge in [-0.05, 0) is 25.2 Å². The van der Waals surface area contributed by atoms with E-state index < -0.39 is 0 Å². The summed E-state index contributed by atoms with van der Waals surface area (Å²) >= 11 is 0. The predicted molar refractivity (Wildman–Crippen MR) is 75.4 cm³/mol. The summed E-state index contributed by atoms with van der Waals surface area (Å²) in [6, 6.07) is 8.81. The summed E-state index contributed by atoms with van der Waals surface area (Å²) in [5.41, 5.74) is 1.04. The number of carbonyl (C=O) groups excluding carboxylic acids is 1. The van der Waals surface area contributed by atoms with Crippen LogP contribution in [0.2, 0.25) is 0 Å². The number of nitriles is 1. The summed E-state index contributed by atoms with van der Waals surface area (Å²) in [6.45, 7) is 3.02. The molecule has 1 aromatic rings. The average Bonchev–Trinajstić information content (AvgIpc) is 2.46. The van der Waals surface area contributed by atoms with E-state index in [4.69, 9.17) is 10.00 Å². The van der Waals surface area contributed by atoms with Crippen LogP contribution in [0.5, 0.6) is 0 Å². The molecule has 0 radical (unpaired) electrons. The first-order valence-electron chi connectivity index (χ1n) is 6.66. The second-order valence-corrected chi connectivity index (χ2v) is 5.13. The third kappa shape index (κ3) is 3.56. The lowest BCUT2D eigenvalue weighted by Crippen LogP contribution is -2.46. The Morgan fingerprint density at radius 1 is 1.60 bits per heavy atom. The van der Waals surface area contributed by atoms with E-state index in [1.807, 2.05) is 13.1 Å². The number of nitrogens with zero attached hydrogens (tertiary/aromatic N) is 3. The lowest BCUT2D eigenvalue weighted by molar-refractivity contribution is -0.0301. The molecular weight excluding hydrogens is 254 g/mol. The van der Waals surface area contributed by atoms with E-state index in [2.05, 4.69) is 4.90 Å². The van der Waals surface area contributed by atoms with Crippen molar-refractivity contribution < 1.29 is 9.53 Å². The van der Waals surface area contributed by atoms with Crippen molar-refractivity contribution in [2.24, 2.45) is 0 Å². The second-order valence-electron chi connectivity index (χ2n) is 5.13. The van der Waals surface area contributed by atoms with E-state index in [0.717, 1.165) is 13.1 Å². The minimum Gasteiger partial charge on any atom is -0.374 e. The van der Waals surface area contributed by atoms with Gasteiger partial charge in [0.15, 0.2) is 0 Å². The van der Waals surface area contributed by atoms with Gasteiger partial charge in [-0.3, -0.25) is 4.79 Å². The number of benzene rings is 1. The Hall–Kier alpha value is -1.90. The van der Waals surface area contributed by atoms with Crippen LogP contribution >= 0.6 is 0 Å². The SMILES string of the molecule is CN1CCOC(CN(C)C(=O)c2cccc(C#N)c2)C1. The van der Waals surface area contributed by atoms with Gasteiger partial charge in [0.05, 0.1) is 24.3 Å². The predicted octanol–water partition coefficient (Wildman–Crippen LogP) is 0.961. The fourth-order valence-corrected chi connectivity index (χ4v) is 2.31. The zero-order chi connectivity index (χ0) is 14.5. The molecule has 5 nitrogen and oxygen atoms in total. The van der Waals surface area contributed by atoms with Gasteiger partial charge in [-0.1, -0.05) is 6.07 Å². The molecule has 0 aromatic heterocycles. The number of rotatable bonds is 3. The Morgan fingerprint density at radius 2 is 2.40 bits per heavy atom. The molecule has 1 atom stereocenters. The zero-order valence-electron chi connectivity index (χ0n) is 11.9. The van der Waals surface area contributed by atoms with Crippen LogP contribution in [-0.2, 0) is 4.74 Å². The Kier molecular flexibility index (Phi) is 4.72. The third-order valence-electron chi connectivity index (χ3n) is 3.40. The fourth-order valence-electron chi connectivity index (χ4n) is 2.31. The summed E-state index contributed by atoms with van der Waals surface area (Å²) in [7, 11) is 3.81. The maximum Gasteiger partial charge on any atom is 0.253 e. The smallest absolute Gasteiger partial charge is 0.253 e. The largest absolute Gasteiger partial charge is 0.374 e. The van der Waals surface area contributed by atoms with Crippen molar-refractivity contribution in [3.63, 3.8) is 0 Å². The first-order valence-corrected chi connectivity index (χ1v) is 6.66. The summed E-state index contributed by atoms with van der Waals surface area (Å²) in [5, 5.41) is 8.87. The van der Waals surface area contributed by atoms with E-state index in [-0.39, 0.29) is 12.0 Å². The number of hydrogen-bond acceptors (Lipinski definition) is 4. The van der Waals surface area contributed by atoms with Crippen LogP contribution in [0.1, 0.15) is 15.9 Å². The standard InChI is InChI=1S/C15H19N3O2/c1-17-6-7-20-14(10-17)11-18(2)15(19)13-5-3-4-12(8-13)9-16/h3-5,8,14H,6-7,10-11H2,1-2H3. The van der Waals surface area contributed by atoms with Crippen molar-refractivity contribution in [2.45, 2.75) is 6.10 Å². The molecule has 1 aliphatic rings. The molecule has 20 heavy (non-hydrogen) atoms. The molecule has 0 N–H and O–H groups in total. The van der Waals surface area contributed by atoms with E-state index in [0.29, 0.717) is 24.3 Å². The number of carbonyl (C=O) groups is 1. The molecule has 0 aliphatic carbocycles. The van der Waals surface area contributed by atoms with Crippen LogP contribution in [0.3, 0.4) is 0 Å². The summed E-state index contributed by atoms with van der Waals surface area (Å²) in [5.74, 6) is -0.0843. The molecule has 1 aromatic carbocycles. The first kappa shape index (κ1) is 14.5. The van der Waals surface area contributed by atoms with Crippen LogP contribution < -0.4 is 0 Å². The molecule has 0 saturated carbocycles. The van der Waals surface area contributed by atoms with Crippen molar-refractivity contribution in [2.75, 3.05) is 40.3 Å². The van der Waals surface area contributed by atoms with Gasteiger partial charge in [0, 0.05) is 32.2 Å². The third-order valence-corrected chi connectivity index (χ3v) is 3.40. The van der Waals surface area contributed by atoms with Gasteiger partial charge < -0.3 is 14.5 Å². The zero-order valence-corrected chi connectivity index (χ0v) is 11.9. The quantitative estimate of drug-likeness (QED) is 0.823. The Morgan fingerprint density at radius 3 is 3.10 bits per heavy atom. The van der Waals surface area contributed by atoms with E-state index in [9.17, 15) is 4.79 Å². The van der Waals surface area contributed by atoms with Crippen molar-refractivity contribution in [1.82, 2.24) is 9.80 Å². The molecule has 1 heterocycles. The van der Waals surface area contributed by atoms with E-state index >= 15 is 0 Å². The fraction of sp³-hybridized carbons (Fsp3) is 0.467. The molecule has 2 rings (SSSR count). The van der Waals surface area contributed by atoms with Gasteiger partial charge in [-0.2, -0.15) is 5.26 Å². The van der Waals surface area contributed by atoms with Gasteiger partial charge in [-0.15, -0.1) is 0 Å². The maximum absolute atomic E-state index is 12.3. The molecule has 1 unspecified atom stereocenters. The highest BCUT2D eigenvalue weighted by Gasteiger charge is 2.22. The summed E-state index contributed by atoms with van der Waals surface area (Å²) in [6.07, 6.45) is 0.0434. The molecule has 5 heteroatoms. The molecule has 0 spiro atoms. The second kappa shape index (κ2) is 6.51. The molecule has 106 valence electrons. The van der Waals surface area contributed by atoms with Crippen LogP contribution in [0.25, 0.3) is 0 Å². The van der Waals surface area contributed by atoms with Crippen molar-refractivity contribution in [1.29, 1.82) is 5.26 Å². The molecule has 1 amide bonds. The lowest BCUT2D eigenvalue weighted by atomic mass is 10.1. The van der Waals surface area contributed by atoms with Crippen LogP contribution in [-0.4, -0.2) is 62.1 Å². The van der Waals surface area contributed by atoms with Gasteiger partial charge in [-0.25, -0.2) is 0 Å². The minimum atomic E-state index is -0.0843. The van der Waals surface area contributed by atoms with E-state index in [1.54, 1.807) is 36.2 Å². The minimum absolute atomic E-state index is 0.0434. The average molecular weight is 273 g/mol. The number of morpholine rings is 1. The molecular formula is C15H19N3O2. The highest BCUT2D eigenvalue weighted by Crippen LogP contribution is 2.10. The number of ether oxygens (including phenoxy) is 1. The van der Waals surface area contributed by atoms with Crippen molar-refractivity contribution in [3.8, 4) is 6.07 Å². The summed E-state index contributed by atoms with van der Waals surface area (Å²) < 4.78 is 5.66. The molecule has 0 bridgehead atoms. The maximum atomic E-state index is 12.3.